The maximum Gasteiger partial charge on any atom is 0.149 e. The summed E-state index contributed by atoms with van der Waals surface area (Å²) in [6.07, 6.45) is 1.81. The van der Waals surface area contributed by atoms with E-state index in [1.54, 1.807) is 29.0 Å². The van der Waals surface area contributed by atoms with E-state index in [2.05, 4.69) is 60.7 Å². The fourth-order valence-corrected chi connectivity index (χ4v) is 8.90. The van der Waals surface area contributed by atoms with Crippen LogP contribution in [0.3, 0.4) is 0 Å². The molecule has 1 N–H and O–H groups in total. The zero-order chi connectivity index (χ0) is 54.0. The maximum absolute atomic E-state index is 12.7. The van der Waals surface area contributed by atoms with Gasteiger partial charge in [0.15, 0.2) is 0 Å². The third kappa shape index (κ3) is 8.48. The molecule has 0 aliphatic carbocycles. The summed E-state index contributed by atoms with van der Waals surface area (Å²) in [5.74, 6) is -0.512. The molecule has 0 unspecified atom stereocenters. The highest BCUT2D eigenvalue weighted by molar-refractivity contribution is 5.98. The van der Waals surface area contributed by atoms with Gasteiger partial charge in [0.05, 0.1) is 28.0 Å². The molecule has 0 aliphatic heterocycles. The number of para-hydroxylation sites is 1. The Morgan fingerprint density at radius 2 is 1.04 bits per heavy atom. The lowest BCUT2D eigenvalue weighted by Crippen LogP contribution is -2.17. The molecule has 0 amide bonds. The molecule has 4 nitrogen and oxygen atoms in total. The van der Waals surface area contributed by atoms with Crippen LogP contribution in [0.5, 0.6) is 5.75 Å². The molecule has 0 radical (unpaired) electrons. The summed E-state index contributed by atoms with van der Waals surface area (Å²) in [7, 11) is 0. The highest BCUT2D eigenvalue weighted by atomic mass is 16.3. The number of hydrogen-bond acceptors (Lipinski definition) is 3. The minimum atomic E-state index is -3.11. The van der Waals surface area contributed by atoms with E-state index in [-0.39, 0.29) is 28.2 Å². The topological polar surface area (TPSA) is 50.9 Å². The standard InChI is InChI=1S/C63H55N3O/c1-41-34-47(43-20-13-9-14-21-43)30-31-57(41)66-58-25-17-24-53(59(58)65-61(66)54-39-52(62(2,3)4)40-55(60(54)67)63(5,6)7)50-35-49(44-22-15-10-16-23-44)36-51(37-50)56-38-48(32-33-64-56)46-28-26-45(27-29-46)42-18-11-8-12-19-42/h8-40,67H,1-7H3/i1D3,5D3,6D3. The number of aromatic hydroxyl groups is 1. The highest BCUT2D eigenvalue weighted by Crippen LogP contribution is 2.45. The summed E-state index contributed by atoms with van der Waals surface area (Å²) in [6.45, 7) is -2.02. The lowest BCUT2D eigenvalue weighted by Gasteiger charge is -2.27. The zero-order valence-electron chi connectivity index (χ0n) is 46.8. The van der Waals surface area contributed by atoms with E-state index in [0.29, 0.717) is 27.7 Å². The average molecular weight is 879 g/mol. The molecule has 0 aliphatic rings. The molecular weight excluding hydrogens is 815 g/mol. The van der Waals surface area contributed by atoms with Crippen LogP contribution in [0.15, 0.2) is 200 Å². The summed E-state index contributed by atoms with van der Waals surface area (Å²) in [5, 5.41) is 12.7. The van der Waals surface area contributed by atoms with Crippen LogP contribution in [0.4, 0.5) is 0 Å². The zero-order valence-corrected chi connectivity index (χ0v) is 37.8. The van der Waals surface area contributed by atoms with Gasteiger partial charge in [-0.3, -0.25) is 9.55 Å². The van der Waals surface area contributed by atoms with E-state index in [9.17, 15) is 5.11 Å². The Morgan fingerprint density at radius 3 is 1.69 bits per heavy atom. The monoisotopic (exact) mass is 878 g/mol. The minimum absolute atomic E-state index is 0.00432. The van der Waals surface area contributed by atoms with Gasteiger partial charge in [-0.15, -0.1) is 0 Å². The van der Waals surface area contributed by atoms with Crippen molar-refractivity contribution in [3.8, 4) is 89.7 Å². The van der Waals surface area contributed by atoms with Crippen molar-refractivity contribution in [2.24, 2.45) is 0 Å². The van der Waals surface area contributed by atoms with E-state index < -0.39 is 37.1 Å². The molecule has 0 saturated carbocycles. The van der Waals surface area contributed by atoms with Gasteiger partial charge >= 0.3 is 0 Å². The van der Waals surface area contributed by atoms with Crippen molar-refractivity contribution in [2.45, 2.75) is 59.1 Å². The number of phenols is 1. The second-order valence-electron chi connectivity index (χ2n) is 18.4. The molecule has 10 rings (SSSR count). The lowest BCUT2D eigenvalue weighted by atomic mass is 9.79. The molecule has 0 atom stereocenters. The smallest absolute Gasteiger partial charge is 0.149 e. The SMILES string of the molecule is [2H]C([2H])([2H])c1cc(-c2ccccc2)ccc1-n1c(-c2cc(C(C)(C)C)cc(C(C)(C([2H])([2H])[2H])C([2H])([2H])[2H])c2O)nc2c(-c3cc(-c4ccccc4)cc(-c4cc(-c5ccc(-c6ccccc6)cc5)ccn4)c3)cccc21. The van der Waals surface area contributed by atoms with Crippen molar-refractivity contribution in [1.29, 1.82) is 0 Å². The van der Waals surface area contributed by atoms with Gasteiger partial charge in [0.2, 0.25) is 0 Å². The number of rotatable bonds is 8. The van der Waals surface area contributed by atoms with Crippen molar-refractivity contribution in [2.75, 3.05) is 0 Å². The Hall–Kier alpha value is -7.82. The van der Waals surface area contributed by atoms with Gasteiger partial charge in [0.25, 0.3) is 0 Å². The summed E-state index contributed by atoms with van der Waals surface area (Å²) >= 11 is 0. The number of aryl methyl sites for hydroxylation is 1. The van der Waals surface area contributed by atoms with Gasteiger partial charge in [-0.2, -0.15) is 0 Å². The van der Waals surface area contributed by atoms with E-state index in [0.717, 1.165) is 62.7 Å². The van der Waals surface area contributed by atoms with Gasteiger partial charge < -0.3 is 5.11 Å². The Labute approximate surface area is 407 Å². The van der Waals surface area contributed by atoms with E-state index in [1.165, 1.54) is 6.07 Å². The predicted molar refractivity (Wildman–Crippen MR) is 281 cm³/mol. The highest BCUT2D eigenvalue weighted by Gasteiger charge is 2.29. The first kappa shape index (κ1) is 33.6. The minimum Gasteiger partial charge on any atom is -0.507 e. The van der Waals surface area contributed by atoms with Crippen molar-refractivity contribution in [1.82, 2.24) is 14.5 Å². The van der Waals surface area contributed by atoms with Crippen LogP contribution >= 0.6 is 0 Å². The van der Waals surface area contributed by atoms with Gasteiger partial charge in [-0.05, 0) is 133 Å². The number of benzene rings is 8. The van der Waals surface area contributed by atoms with Gasteiger partial charge in [-0.1, -0.05) is 181 Å². The van der Waals surface area contributed by atoms with Crippen LogP contribution in [0.1, 0.15) is 70.4 Å². The lowest BCUT2D eigenvalue weighted by molar-refractivity contribution is 0.446. The molecule has 10 aromatic rings. The molecule has 67 heavy (non-hydrogen) atoms. The van der Waals surface area contributed by atoms with E-state index >= 15 is 0 Å². The largest absolute Gasteiger partial charge is 0.507 e. The first-order chi connectivity index (χ1) is 36.0. The van der Waals surface area contributed by atoms with E-state index in [4.69, 9.17) is 22.3 Å². The Bertz CT molecular complexity index is 3750. The average Bonchev–Trinajstić information content (AvgIpc) is 3.87. The maximum atomic E-state index is 12.7. The van der Waals surface area contributed by atoms with Crippen LogP contribution in [0.25, 0.3) is 95.0 Å². The number of imidazole rings is 1. The number of pyridine rings is 1. The Kier molecular flexibility index (Phi) is 8.63. The Morgan fingerprint density at radius 1 is 0.478 bits per heavy atom. The molecule has 0 bridgehead atoms. The fourth-order valence-electron chi connectivity index (χ4n) is 8.90. The number of nitrogens with zero attached hydrogens (tertiary/aromatic N) is 3. The molecule has 0 fully saturated rings. The third-order valence-electron chi connectivity index (χ3n) is 12.5. The van der Waals surface area contributed by atoms with E-state index in [1.807, 2.05) is 130 Å². The van der Waals surface area contributed by atoms with Crippen molar-refractivity contribution in [3.63, 3.8) is 0 Å². The van der Waals surface area contributed by atoms with Crippen LogP contribution in [-0.4, -0.2) is 19.6 Å². The summed E-state index contributed by atoms with van der Waals surface area (Å²) in [5.41, 5.74) is 8.74. The number of fused-ring (bicyclic) bond motifs is 1. The molecule has 4 heteroatoms. The van der Waals surface area contributed by atoms with Crippen LogP contribution in [-0.2, 0) is 10.8 Å². The molecular formula is C63H55N3O. The third-order valence-corrected chi connectivity index (χ3v) is 12.5. The van der Waals surface area contributed by atoms with Crippen LogP contribution in [0.2, 0.25) is 0 Å². The molecule has 2 heterocycles. The predicted octanol–water partition coefficient (Wildman–Crippen LogP) is 16.7. The number of aromatic nitrogens is 3. The van der Waals surface area contributed by atoms with Gasteiger partial charge in [0, 0.05) is 35.2 Å². The molecule has 8 aromatic carbocycles. The fraction of sp³-hybridized carbons (Fsp3) is 0.143. The van der Waals surface area contributed by atoms with Crippen molar-refractivity contribution in [3.05, 3.63) is 217 Å². The first-order valence-electron chi connectivity index (χ1n) is 26.9. The van der Waals surface area contributed by atoms with Gasteiger partial charge in [0.1, 0.15) is 11.6 Å². The van der Waals surface area contributed by atoms with Crippen molar-refractivity contribution >= 4 is 11.0 Å². The summed E-state index contributed by atoms with van der Waals surface area (Å²) in [6, 6.07) is 62.5. The van der Waals surface area contributed by atoms with Crippen LogP contribution in [0, 0.1) is 6.85 Å². The Balaban J connectivity index is 1.25. The van der Waals surface area contributed by atoms with Crippen LogP contribution < -0.4 is 0 Å². The normalized spacial score (nSPS) is 14.4. The molecule has 2 aromatic heterocycles. The van der Waals surface area contributed by atoms with Gasteiger partial charge in [-0.25, -0.2) is 4.98 Å². The number of phenolic OH excluding ortho intramolecular Hbond substituents is 1. The molecule has 0 spiro atoms. The molecule has 328 valence electrons. The second kappa shape index (κ2) is 17.2. The second-order valence-corrected chi connectivity index (χ2v) is 18.4. The molecule has 0 saturated heterocycles. The summed E-state index contributed by atoms with van der Waals surface area (Å²) in [4.78, 5) is 10.3. The number of hydrogen-bond donors (Lipinski definition) is 1. The summed E-state index contributed by atoms with van der Waals surface area (Å²) < 4.78 is 80.7. The quantitative estimate of drug-likeness (QED) is 0.165. The first-order valence-corrected chi connectivity index (χ1v) is 22.4. The van der Waals surface area contributed by atoms with Crippen molar-refractivity contribution < 1.29 is 17.4 Å².